The van der Waals surface area contributed by atoms with Gasteiger partial charge in [-0.1, -0.05) is 6.07 Å². The summed E-state index contributed by atoms with van der Waals surface area (Å²) in [5.74, 6) is -0.315. The number of anilines is 2. The van der Waals surface area contributed by atoms with E-state index in [-0.39, 0.29) is 18.5 Å². The summed E-state index contributed by atoms with van der Waals surface area (Å²) in [6, 6.07) is 5.10. The smallest absolute Gasteiger partial charge is 0.310 e. The molecule has 0 radical (unpaired) electrons. The Labute approximate surface area is 137 Å². The van der Waals surface area contributed by atoms with Gasteiger partial charge in [-0.25, -0.2) is 0 Å². The van der Waals surface area contributed by atoms with Gasteiger partial charge in [0.05, 0.1) is 6.42 Å². The molecule has 5 N–H and O–H groups in total. The van der Waals surface area contributed by atoms with E-state index < -0.39 is 11.1 Å². The Morgan fingerprint density at radius 3 is 2.35 bits per heavy atom. The third kappa shape index (κ3) is 3.95. The van der Waals surface area contributed by atoms with Crippen LogP contribution in [0.5, 0.6) is 0 Å². The average molecular weight is 321 g/mol. The number of carbonyl (C=O) groups is 1. The first-order valence-corrected chi connectivity index (χ1v) is 7.84. The number of nitrogens with zero attached hydrogens (tertiary/aromatic N) is 1. The summed E-state index contributed by atoms with van der Waals surface area (Å²) in [6.07, 6.45) is 1.05. The van der Waals surface area contributed by atoms with Crippen molar-refractivity contribution in [1.82, 2.24) is 5.06 Å². The lowest BCUT2D eigenvalue weighted by molar-refractivity contribution is -0.259. The number of hydrogen-bond acceptors (Lipinski definition) is 6. The van der Waals surface area contributed by atoms with Crippen molar-refractivity contribution in [3.8, 4) is 0 Å². The van der Waals surface area contributed by atoms with Crippen molar-refractivity contribution in [2.75, 3.05) is 11.5 Å². The van der Waals surface area contributed by atoms with Crippen molar-refractivity contribution in [2.24, 2.45) is 0 Å². The van der Waals surface area contributed by atoms with Gasteiger partial charge in [-0.2, -0.15) is 5.06 Å². The van der Waals surface area contributed by atoms with Crippen LogP contribution in [0.25, 0.3) is 0 Å². The second-order valence-electron chi connectivity index (χ2n) is 7.59. The standard InChI is InChI=1S/C17H27N3O3/c1-16(2)9-13(10-17(3,4)20(16)22)23-15(21)7-11-5-6-12(18)8-14(11)19/h5-6,8,13,22H,7,9-10,18-19H2,1-4H3. The fourth-order valence-electron chi connectivity index (χ4n) is 3.42. The first-order chi connectivity index (χ1) is 10.5. The Morgan fingerprint density at radius 2 is 1.83 bits per heavy atom. The number of benzene rings is 1. The lowest BCUT2D eigenvalue weighted by atomic mass is 9.80. The number of carbonyl (C=O) groups excluding carboxylic acids is 1. The zero-order valence-corrected chi connectivity index (χ0v) is 14.3. The molecular weight excluding hydrogens is 294 g/mol. The lowest BCUT2D eigenvalue weighted by Crippen LogP contribution is -2.60. The second kappa shape index (κ2) is 6.02. The summed E-state index contributed by atoms with van der Waals surface area (Å²) in [5, 5.41) is 11.6. The highest BCUT2D eigenvalue weighted by molar-refractivity contribution is 5.75. The molecule has 1 heterocycles. The zero-order chi connectivity index (χ0) is 17.4. The summed E-state index contributed by atoms with van der Waals surface area (Å²) in [5.41, 5.74) is 12.4. The Bertz CT molecular complexity index is 581. The molecule has 0 atom stereocenters. The minimum absolute atomic E-state index is 0.117. The van der Waals surface area contributed by atoms with E-state index in [1.54, 1.807) is 18.2 Å². The average Bonchev–Trinajstić information content (AvgIpc) is 2.38. The molecule has 1 saturated heterocycles. The quantitative estimate of drug-likeness (QED) is 0.583. The van der Waals surface area contributed by atoms with Crippen LogP contribution in [-0.2, 0) is 16.0 Å². The molecule has 0 unspecified atom stereocenters. The van der Waals surface area contributed by atoms with Crippen molar-refractivity contribution in [3.05, 3.63) is 23.8 Å². The van der Waals surface area contributed by atoms with Crippen molar-refractivity contribution in [3.63, 3.8) is 0 Å². The minimum atomic E-state index is -0.451. The van der Waals surface area contributed by atoms with E-state index >= 15 is 0 Å². The number of nitrogen functional groups attached to an aromatic ring is 2. The molecule has 2 rings (SSSR count). The van der Waals surface area contributed by atoms with E-state index in [1.807, 2.05) is 27.7 Å². The summed E-state index contributed by atoms with van der Waals surface area (Å²) in [4.78, 5) is 12.2. The van der Waals surface area contributed by atoms with Gasteiger partial charge in [-0.05, 0) is 45.4 Å². The first-order valence-electron chi connectivity index (χ1n) is 7.84. The molecule has 1 aromatic carbocycles. The highest BCUT2D eigenvalue weighted by atomic mass is 16.5. The molecule has 0 aliphatic carbocycles. The molecular formula is C17H27N3O3. The molecule has 1 aliphatic rings. The van der Waals surface area contributed by atoms with Gasteiger partial charge in [0.25, 0.3) is 0 Å². The number of hydrogen-bond donors (Lipinski definition) is 3. The third-order valence-corrected chi connectivity index (χ3v) is 4.40. The summed E-state index contributed by atoms with van der Waals surface area (Å²) in [7, 11) is 0. The largest absolute Gasteiger partial charge is 0.462 e. The van der Waals surface area contributed by atoms with Crippen LogP contribution in [0.3, 0.4) is 0 Å². The summed E-state index contributed by atoms with van der Waals surface area (Å²) >= 11 is 0. The molecule has 1 fully saturated rings. The second-order valence-corrected chi connectivity index (χ2v) is 7.59. The van der Waals surface area contributed by atoms with Crippen molar-refractivity contribution >= 4 is 17.3 Å². The number of hydroxylamine groups is 2. The predicted molar refractivity (Wildman–Crippen MR) is 89.9 cm³/mol. The number of piperidine rings is 1. The van der Waals surface area contributed by atoms with Crippen LogP contribution in [0, 0.1) is 0 Å². The summed E-state index contributed by atoms with van der Waals surface area (Å²) in [6.45, 7) is 7.75. The van der Waals surface area contributed by atoms with E-state index in [4.69, 9.17) is 16.2 Å². The van der Waals surface area contributed by atoms with Gasteiger partial charge >= 0.3 is 5.97 Å². The van der Waals surface area contributed by atoms with Gasteiger partial charge in [-0.3, -0.25) is 4.79 Å². The first kappa shape index (κ1) is 17.6. The Morgan fingerprint density at radius 1 is 1.26 bits per heavy atom. The molecule has 0 bridgehead atoms. The molecule has 1 aromatic rings. The maximum Gasteiger partial charge on any atom is 0.310 e. The number of ether oxygens (including phenoxy) is 1. The number of nitrogens with two attached hydrogens (primary N) is 2. The molecule has 0 saturated carbocycles. The van der Waals surface area contributed by atoms with E-state index in [0.29, 0.717) is 29.8 Å². The fraction of sp³-hybridized carbons (Fsp3) is 0.588. The van der Waals surface area contributed by atoms with Crippen LogP contribution in [-0.4, -0.2) is 33.4 Å². The third-order valence-electron chi connectivity index (χ3n) is 4.40. The molecule has 0 amide bonds. The predicted octanol–water partition coefficient (Wildman–Crippen LogP) is 2.35. The number of rotatable bonds is 3. The van der Waals surface area contributed by atoms with Gasteiger partial charge in [-0.15, -0.1) is 0 Å². The van der Waals surface area contributed by atoms with Crippen molar-refractivity contribution in [2.45, 2.75) is 64.1 Å². The Balaban J connectivity index is 2.03. The van der Waals surface area contributed by atoms with Crippen LogP contribution < -0.4 is 11.5 Å². The minimum Gasteiger partial charge on any atom is -0.462 e. The van der Waals surface area contributed by atoms with E-state index in [9.17, 15) is 10.0 Å². The van der Waals surface area contributed by atoms with Crippen LogP contribution in [0.15, 0.2) is 18.2 Å². The monoisotopic (exact) mass is 321 g/mol. The van der Waals surface area contributed by atoms with E-state index in [1.165, 1.54) is 5.06 Å². The lowest BCUT2D eigenvalue weighted by Gasteiger charge is -2.50. The zero-order valence-electron chi connectivity index (χ0n) is 14.3. The van der Waals surface area contributed by atoms with Gasteiger partial charge in [0, 0.05) is 35.3 Å². The topological polar surface area (TPSA) is 102 Å². The van der Waals surface area contributed by atoms with E-state index in [0.717, 1.165) is 0 Å². The molecule has 1 aliphatic heterocycles. The van der Waals surface area contributed by atoms with E-state index in [2.05, 4.69) is 0 Å². The fourth-order valence-corrected chi connectivity index (χ4v) is 3.42. The van der Waals surface area contributed by atoms with Gasteiger partial charge < -0.3 is 21.4 Å². The normalized spacial score (nSPS) is 21.1. The highest BCUT2D eigenvalue weighted by Gasteiger charge is 2.46. The van der Waals surface area contributed by atoms with Gasteiger partial charge in [0.15, 0.2) is 0 Å². The SMILES string of the molecule is CC1(C)CC(OC(=O)Cc2ccc(N)cc2N)CC(C)(C)N1O. The van der Waals surface area contributed by atoms with Crippen LogP contribution >= 0.6 is 0 Å². The van der Waals surface area contributed by atoms with Crippen molar-refractivity contribution in [1.29, 1.82) is 0 Å². The molecule has 128 valence electrons. The Hall–Kier alpha value is -1.79. The highest BCUT2D eigenvalue weighted by Crippen LogP contribution is 2.38. The molecule has 6 nitrogen and oxygen atoms in total. The van der Waals surface area contributed by atoms with Crippen LogP contribution in [0.1, 0.15) is 46.1 Å². The summed E-state index contributed by atoms with van der Waals surface area (Å²) < 4.78 is 5.64. The molecule has 6 heteroatoms. The molecule has 23 heavy (non-hydrogen) atoms. The number of esters is 1. The molecule has 0 aromatic heterocycles. The van der Waals surface area contributed by atoms with Crippen molar-refractivity contribution < 1.29 is 14.7 Å². The van der Waals surface area contributed by atoms with Crippen LogP contribution in [0.4, 0.5) is 11.4 Å². The van der Waals surface area contributed by atoms with Gasteiger partial charge in [0.1, 0.15) is 6.10 Å². The maximum atomic E-state index is 12.2. The van der Waals surface area contributed by atoms with Gasteiger partial charge in [0.2, 0.25) is 0 Å². The van der Waals surface area contributed by atoms with Crippen LogP contribution in [0.2, 0.25) is 0 Å². The molecule has 0 spiro atoms. The Kier molecular flexibility index (Phi) is 4.59. The maximum absolute atomic E-state index is 12.2.